The van der Waals surface area contributed by atoms with Gasteiger partial charge in [-0.05, 0) is 67.3 Å². The predicted octanol–water partition coefficient (Wildman–Crippen LogP) is 4.96. The third kappa shape index (κ3) is 7.91. The zero-order chi connectivity index (χ0) is 38.6. The highest BCUT2D eigenvalue weighted by molar-refractivity contribution is 7.15. The first-order valence-electron chi connectivity index (χ1n) is 19.0. The summed E-state index contributed by atoms with van der Waals surface area (Å²) in [7, 11) is 0. The second-order valence-electron chi connectivity index (χ2n) is 14.2. The Balaban J connectivity index is 0.811. The lowest BCUT2D eigenvalue weighted by atomic mass is 9.98. The van der Waals surface area contributed by atoms with Crippen LogP contribution in [-0.2, 0) is 63.0 Å². The minimum absolute atomic E-state index is 0.183. The number of nitrogens with zero attached hydrogens (tertiary/aromatic N) is 6. The monoisotopic (exact) mass is 771 g/mol. The van der Waals surface area contributed by atoms with Gasteiger partial charge in [0, 0.05) is 49.7 Å². The Labute approximate surface area is 328 Å². The third-order valence-corrected chi connectivity index (χ3v) is 11.6. The Morgan fingerprint density at radius 3 is 2.75 bits per heavy atom. The van der Waals surface area contributed by atoms with Gasteiger partial charge in [-0.15, -0.1) is 21.5 Å². The topological polar surface area (TPSA) is 151 Å². The van der Waals surface area contributed by atoms with Crippen LogP contribution in [0.3, 0.4) is 0 Å². The van der Waals surface area contributed by atoms with Crippen molar-refractivity contribution >= 4 is 35.0 Å². The minimum atomic E-state index is -0.642. The van der Waals surface area contributed by atoms with Crippen LogP contribution in [-0.4, -0.2) is 65.8 Å². The van der Waals surface area contributed by atoms with E-state index in [0.717, 1.165) is 62.2 Å². The van der Waals surface area contributed by atoms with Crippen LogP contribution >= 0.6 is 11.3 Å². The number of carbonyl (C=O) groups excluding carboxylic acids is 4. The van der Waals surface area contributed by atoms with Gasteiger partial charge in [0.25, 0.3) is 5.91 Å². The maximum absolute atomic E-state index is 13.1. The summed E-state index contributed by atoms with van der Waals surface area (Å²) in [4.78, 5) is 52.2. The number of imide groups is 1. The summed E-state index contributed by atoms with van der Waals surface area (Å²) < 4.78 is 15.4. The Hall–Kier alpha value is -5.91. The molecule has 286 valence electrons. The molecular weight excluding hydrogens is 731 g/mol. The Morgan fingerprint density at radius 2 is 1.89 bits per heavy atom. The fraction of sp³-hybridized carbons (Fsp3) is 0.357. The fourth-order valence-electron chi connectivity index (χ4n) is 7.54. The van der Waals surface area contributed by atoms with E-state index in [0.29, 0.717) is 70.6 Å². The Kier molecular flexibility index (Phi) is 10.9. The maximum atomic E-state index is 13.1. The third-order valence-electron chi connectivity index (χ3n) is 10.4. The number of unbranched alkanes of at least 4 members (excludes halogenated alkanes) is 1. The number of nitrogens with one attached hydrogen (secondary N) is 1. The number of carbonyl (C=O) groups is 4. The second kappa shape index (κ2) is 16.4. The van der Waals surface area contributed by atoms with E-state index >= 15 is 0 Å². The minimum Gasteiger partial charge on any atom is -0.466 e. The van der Waals surface area contributed by atoms with Gasteiger partial charge in [-0.3, -0.25) is 33.7 Å². The number of esters is 1. The molecule has 1 unspecified atom stereocenters. The first-order valence-corrected chi connectivity index (χ1v) is 19.8. The number of amides is 3. The number of rotatable bonds is 12. The van der Waals surface area contributed by atoms with Gasteiger partial charge in [-0.1, -0.05) is 54.3 Å². The van der Waals surface area contributed by atoms with Crippen molar-refractivity contribution in [1.82, 2.24) is 34.8 Å². The molecule has 1 N–H and O–H groups in total. The lowest BCUT2D eigenvalue weighted by Crippen LogP contribution is -2.52. The number of hydrogen-bond donors (Lipinski definition) is 1. The molecule has 1 saturated heterocycles. The van der Waals surface area contributed by atoms with Crippen molar-refractivity contribution in [2.24, 2.45) is 0 Å². The number of fused-ring (bicyclic) bond motifs is 4. The van der Waals surface area contributed by atoms with Crippen molar-refractivity contribution in [2.45, 2.75) is 90.6 Å². The van der Waals surface area contributed by atoms with Crippen LogP contribution < -0.4 is 5.32 Å². The lowest BCUT2D eigenvalue weighted by Gasteiger charge is -2.29. The number of thiophene rings is 1. The summed E-state index contributed by atoms with van der Waals surface area (Å²) in [6, 6.07) is 15.4. The van der Waals surface area contributed by atoms with Crippen LogP contribution in [0.4, 0.5) is 0 Å². The van der Waals surface area contributed by atoms with E-state index in [1.165, 1.54) is 5.56 Å². The lowest BCUT2D eigenvalue weighted by molar-refractivity contribution is -0.144. The van der Waals surface area contributed by atoms with Crippen molar-refractivity contribution in [1.29, 1.82) is 0 Å². The number of piperidine rings is 1. The standard InChI is InChI=1S/C42H41N7O6S/c1-27-45-46-37-26-54-25-34-32(21-28-9-3-2-4-10-28)36(56-42(34)49(27)37)17-15-29-22-43-47(23-29)19-8-20-55-39(51)14-6-5-11-30-12-7-13-31-33(30)24-48(41(31)53)35-16-18-38(50)44-40(35)52/h2-4,7,9-10,12-13,22-23,35H,5-6,8,11,14,16,18-21,24-26H2,1H3,(H,44,50,52). The van der Waals surface area contributed by atoms with Gasteiger partial charge in [-0.25, -0.2) is 0 Å². The molecule has 0 spiro atoms. The molecule has 56 heavy (non-hydrogen) atoms. The van der Waals surface area contributed by atoms with E-state index in [2.05, 4.69) is 49.2 Å². The first kappa shape index (κ1) is 37.0. The molecular formula is C42H41N7O6S. The molecule has 8 rings (SSSR count). The number of benzene rings is 2. The van der Waals surface area contributed by atoms with Gasteiger partial charge >= 0.3 is 5.97 Å². The van der Waals surface area contributed by atoms with Crippen molar-refractivity contribution in [3.63, 3.8) is 0 Å². The van der Waals surface area contributed by atoms with Crippen molar-refractivity contribution in [3.8, 4) is 16.8 Å². The molecule has 0 saturated carbocycles. The molecule has 3 aliphatic rings. The molecule has 3 aliphatic heterocycles. The van der Waals surface area contributed by atoms with Crippen LogP contribution in [0.2, 0.25) is 0 Å². The summed E-state index contributed by atoms with van der Waals surface area (Å²) in [6.45, 7) is 4.06. The SMILES string of the molecule is Cc1nnc2n1-c1sc(C#Cc3cnn(CCCOC(=O)CCCCc4cccc5c4CN(C4CCC(=O)NC4=O)C5=O)c3)c(Cc3ccccc3)c1COC2. The molecule has 5 aromatic rings. The van der Waals surface area contributed by atoms with Crippen LogP contribution in [0.15, 0.2) is 60.9 Å². The highest BCUT2D eigenvalue weighted by atomic mass is 32.1. The van der Waals surface area contributed by atoms with Crippen molar-refractivity contribution in [3.05, 3.63) is 116 Å². The normalized spacial score (nSPS) is 16.1. The molecule has 0 bridgehead atoms. The number of aryl methyl sites for hydroxylation is 3. The Morgan fingerprint density at radius 1 is 1.02 bits per heavy atom. The van der Waals surface area contributed by atoms with Gasteiger partial charge in [0.1, 0.15) is 23.5 Å². The summed E-state index contributed by atoms with van der Waals surface area (Å²) in [6.07, 6.45) is 7.99. The van der Waals surface area contributed by atoms with E-state index in [4.69, 9.17) is 9.47 Å². The highest BCUT2D eigenvalue weighted by Gasteiger charge is 2.39. The summed E-state index contributed by atoms with van der Waals surface area (Å²) in [5.74, 6) is 7.20. The average molecular weight is 772 g/mol. The molecule has 0 aliphatic carbocycles. The van der Waals surface area contributed by atoms with E-state index in [1.54, 1.807) is 28.5 Å². The molecule has 13 nitrogen and oxygen atoms in total. The van der Waals surface area contributed by atoms with Gasteiger partial charge < -0.3 is 14.4 Å². The molecule has 1 atom stereocenters. The van der Waals surface area contributed by atoms with E-state index in [1.807, 2.05) is 48.1 Å². The average Bonchev–Trinajstić information content (AvgIpc) is 3.94. The maximum Gasteiger partial charge on any atom is 0.305 e. The molecule has 0 radical (unpaired) electrons. The van der Waals surface area contributed by atoms with Gasteiger partial charge in [0.2, 0.25) is 11.8 Å². The quantitative estimate of drug-likeness (QED) is 0.0804. The van der Waals surface area contributed by atoms with Crippen LogP contribution in [0.5, 0.6) is 0 Å². The van der Waals surface area contributed by atoms with Gasteiger partial charge in [0.05, 0.1) is 29.9 Å². The summed E-state index contributed by atoms with van der Waals surface area (Å²) in [5.41, 5.74) is 6.82. The van der Waals surface area contributed by atoms with E-state index < -0.39 is 11.9 Å². The predicted molar refractivity (Wildman–Crippen MR) is 206 cm³/mol. The summed E-state index contributed by atoms with van der Waals surface area (Å²) in [5, 5.41) is 16.5. The largest absolute Gasteiger partial charge is 0.466 e. The molecule has 1 fully saturated rings. The fourth-order valence-corrected chi connectivity index (χ4v) is 8.79. The number of ether oxygens (including phenoxy) is 2. The first-order chi connectivity index (χ1) is 27.3. The van der Waals surface area contributed by atoms with Crippen LogP contribution in [0.1, 0.15) is 98.8 Å². The molecule has 2 aromatic carbocycles. The molecule has 3 amide bonds. The number of aromatic nitrogens is 5. The van der Waals surface area contributed by atoms with Crippen LogP contribution in [0, 0.1) is 18.8 Å². The number of hydrogen-bond acceptors (Lipinski definition) is 10. The van der Waals surface area contributed by atoms with Gasteiger partial charge in [0.15, 0.2) is 5.82 Å². The molecule has 14 heteroatoms. The van der Waals surface area contributed by atoms with Gasteiger partial charge in [-0.2, -0.15) is 5.10 Å². The van der Waals surface area contributed by atoms with E-state index in [9.17, 15) is 19.2 Å². The smallest absolute Gasteiger partial charge is 0.305 e. The van der Waals surface area contributed by atoms with Crippen LogP contribution in [0.25, 0.3) is 5.00 Å². The molecule has 3 aromatic heterocycles. The van der Waals surface area contributed by atoms with Crippen molar-refractivity contribution in [2.75, 3.05) is 6.61 Å². The van der Waals surface area contributed by atoms with Crippen molar-refractivity contribution < 1.29 is 28.7 Å². The molecule has 6 heterocycles. The highest BCUT2D eigenvalue weighted by Crippen LogP contribution is 2.37. The zero-order valence-corrected chi connectivity index (χ0v) is 31.9. The zero-order valence-electron chi connectivity index (χ0n) is 31.1. The van der Waals surface area contributed by atoms with E-state index in [-0.39, 0.29) is 24.2 Å². The second-order valence-corrected chi connectivity index (χ2v) is 15.2. The Bertz CT molecular complexity index is 2370. The summed E-state index contributed by atoms with van der Waals surface area (Å²) >= 11 is 1.64.